The first-order valence-corrected chi connectivity index (χ1v) is 10.6. The predicted molar refractivity (Wildman–Crippen MR) is 115 cm³/mol. The summed E-state index contributed by atoms with van der Waals surface area (Å²) in [7, 11) is 0. The Morgan fingerprint density at radius 1 is 1.18 bits per heavy atom. The molecule has 28 heavy (non-hydrogen) atoms. The molecule has 0 aliphatic heterocycles. The Kier molecular flexibility index (Phi) is 7.17. The third-order valence-corrected chi connectivity index (χ3v) is 5.44. The molecule has 1 fully saturated rings. The molecule has 1 aromatic heterocycles. The molecule has 0 amide bonds. The minimum absolute atomic E-state index is 0.157. The summed E-state index contributed by atoms with van der Waals surface area (Å²) >= 11 is 6.46. The van der Waals surface area contributed by atoms with Gasteiger partial charge in [0.1, 0.15) is 17.7 Å². The number of nitrogens with zero attached hydrogens (tertiary/aromatic N) is 1. The van der Waals surface area contributed by atoms with Crippen molar-refractivity contribution in [1.29, 1.82) is 0 Å². The molecule has 2 aromatic rings. The number of ether oxygens (including phenoxy) is 1. The second kappa shape index (κ2) is 9.60. The maximum atomic E-state index is 13.4. The van der Waals surface area contributed by atoms with E-state index in [2.05, 4.69) is 31.1 Å². The predicted octanol–water partition coefficient (Wildman–Crippen LogP) is 6.77. The second-order valence-corrected chi connectivity index (χ2v) is 8.78. The highest BCUT2D eigenvalue weighted by atomic mass is 35.5. The van der Waals surface area contributed by atoms with Gasteiger partial charge < -0.3 is 10.1 Å². The molecule has 3 atom stereocenters. The lowest BCUT2D eigenvalue weighted by atomic mass is 10.00. The molecule has 3 nitrogen and oxygen atoms in total. The van der Waals surface area contributed by atoms with Crippen molar-refractivity contribution in [3.05, 3.63) is 41.6 Å². The van der Waals surface area contributed by atoms with Crippen LogP contribution >= 0.6 is 11.6 Å². The summed E-state index contributed by atoms with van der Waals surface area (Å²) in [5.74, 6) is 2.64. The van der Waals surface area contributed by atoms with E-state index in [9.17, 15) is 4.39 Å². The van der Waals surface area contributed by atoms with E-state index in [1.54, 1.807) is 6.20 Å². The molecule has 0 spiro atoms. The average Bonchev–Trinajstić information content (AvgIpc) is 3.05. The van der Waals surface area contributed by atoms with Gasteiger partial charge in [-0.1, -0.05) is 38.4 Å². The van der Waals surface area contributed by atoms with Crippen molar-refractivity contribution in [3.63, 3.8) is 0 Å². The van der Waals surface area contributed by atoms with Crippen molar-refractivity contribution < 1.29 is 9.13 Å². The second-order valence-electron chi connectivity index (χ2n) is 8.37. The summed E-state index contributed by atoms with van der Waals surface area (Å²) in [6, 6.07) is 9.97. The number of pyridine rings is 1. The minimum atomic E-state index is -0.699. The highest BCUT2D eigenvalue weighted by molar-refractivity contribution is 6.32. The fourth-order valence-electron chi connectivity index (χ4n) is 3.86. The monoisotopic (exact) mass is 404 g/mol. The van der Waals surface area contributed by atoms with Crippen molar-refractivity contribution in [2.24, 2.45) is 11.8 Å². The number of hydrogen-bond donors (Lipinski definition) is 1. The molecule has 1 aromatic carbocycles. The number of aromatic nitrogens is 1. The van der Waals surface area contributed by atoms with E-state index < -0.39 is 6.17 Å². The molecule has 152 valence electrons. The van der Waals surface area contributed by atoms with E-state index in [0.717, 1.165) is 29.8 Å². The molecule has 1 heterocycles. The topological polar surface area (TPSA) is 34.1 Å². The Hall–Kier alpha value is -1.81. The van der Waals surface area contributed by atoms with Crippen LogP contribution in [-0.4, -0.2) is 23.8 Å². The van der Waals surface area contributed by atoms with Crippen LogP contribution in [0.4, 0.5) is 10.2 Å². The molecule has 2 unspecified atom stereocenters. The fraction of sp³-hybridized carbons (Fsp3) is 0.522. The SMILES string of the molecule is CC(C)C[C@@H](C)COc1ccc(-c2ccnc(NC3CCC(F)C3)c2)cc1Cl. The lowest BCUT2D eigenvalue weighted by Gasteiger charge is -2.16. The number of rotatable bonds is 8. The lowest BCUT2D eigenvalue weighted by Crippen LogP contribution is -2.16. The Morgan fingerprint density at radius 3 is 2.64 bits per heavy atom. The number of halogens is 2. The number of benzene rings is 1. The normalized spacial score (nSPS) is 20.4. The third kappa shape index (κ3) is 5.84. The maximum Gasteiger partial charge on any atom is 0.137 e. The number of nitrogens with one attached hydrogen (secondary N) is 1. The summed E-state index contributed by atoms with van der Waals surface area (Å²) in [5, 5.41) is 3.95. The molecule has 5 heteroatoms. The summed E-state index contributed by atoms with van der Waals surface area (Å²) < 4.78 is 19.3. The standard InChI is InChI=1S/C23H30ClFN2O/c1-15(2)10-16(3)14-28-22-7-4-17(11-21(22)24)18-8-9-26-23(12-18)27-20-6-5-19(25)13-20/h4,7-9,11-12,15-16,19-20H,5-6,10,13-14H2,1-3H3,(H,26,27)/t16-,19?,20?/m1/s1. The number of hydrogen-bond acceptors (Lipinski definition) is 3. The largest absolute Gasteiger partial charge is 0.492 e. The Labute approximate surface area is 172 Å². The highest BCUT2D eigenvalue weighted by Gasteiger charge is 2.24. The van der Waals surface area contributed by atoms with Crippen molar-refractivity contribution in [2.75, 3.05) is 11.9 Å². The molecule has 0 bridgehead atoms. The molecule has 0 radical (unpaired) electrons. The van der Waals surface area contributed by atoms with E-state index in [4.69, 9.17) is 16.3 Å². The molecule has 3 rings (SSSR count). The van der Waals surface area contributed by atoms with E-state index in [0.29, 0.717) is 42.1 Å². The zero-order valence-corrected chi connectivity index (χ0v) is 17.7. The Balaban J connectivity index is 1.65. The highest BCUT2D eigenvalue weighted by Crippen LogP contribution is 2.32. The van der Waals surface area contributed by atoms with Gasteiger partial charge in [-0.15, -0.1) is 0 Å². The first kappa shape index (κ1) is 20.9. The van der Waals surface area contributed by atoms with Crippen LogP contribution in [0.1, 0.15) is 46.5 Å². The van der Waals surface area contributed by atoms with Gasteiger partial charge in [-0.2, -0.15) is 0 Å². The molecular formula is C23H30ClFN2O. The zero-order chi connectivity index (χ0) is 20.1. The Bertz CT molecular complexity index is 783. The van der Waals surface area contributed by atoms with Crippen LogP contribution in [-0.2, 0) is 0 Å². The first-order chi connectivity index (χ1) is 13.4. The van der Waals surface area contributed by atoms with Crippen LogP contribution in [0.25, 0.3) is 11.1 Å². The number of anilines is 1. The molecule has 1 N–H and O–H groups in total. The third-order valence-electron chi connectivity index (χ3n) is 5.14. The summed E-state index contributed by atoms with van der Waals surface area (Å²) in [5.41, 5.74) is 2.03. The molecule has 0 saturated heterocycles. The molecule has 1 saturated carbocycles. The van der Waals surface area contributed by atoms with Gasteiger partial charge in [0.15, 0.2) is 0 Å². The van der Waals surface area contributed by atoms with Gasteiger partial charge in [-0.3, -0.25) is 0 Å². The van der Waals surface area contributed by atoms with E-state index in [1.807, 2.05) is 30.3 Å². The summed E-state index contributed by atoms with van der Waals surface area (Å²) in [4.78, 5) is 4.37. The van der Waals surface area contributed by atoms with Crippen molar-refractivity contribution >= 4 is 17.4 Å². The van der Waals surface area contributed by atoms with E-state index in [1.165, 1.54) is 0 Å². The van der Waals surface area contributed by atoms with Crippen LogP contribution in [0.15, 0.2) is 36.5 Å². The lowest BCUT2D eigenvalue weighted by molar-refractivity contribution is 0.239. The quantitative estimate of drug-likeness (QED) is 0.527. The van der Waals surface area contributed by atoms with Crippen LogP contribution in [0.3, 0.4) is 0 Å². The van der Waals surface area contributed by atoms with E-state index >= 15 is 0 Å². The zero-order valence-electron chi connectivity index (χ0n) is 16.9. The van der Waals surface area contributed by atoms with Gasteiger partial charge in [0.25, 0.3) is 0 Å². The van der Waals surface area contributed by atoms with Crippen molar-refractivity contribution in [1.82, 2.24) is 4.98 Å². The van der Waals surface area contributed by atoms with Crippen molar-refractivity contribution in [3.8, 4) is 16.9 Å². The maximum absolute atomic E-state index is 13.4. The van der Waals surface area contributed by atoms with Crippen LogP contribution in [0, 0.1) is 11.8 Å². The van der Waals surface area contributed by atoms with Crippen molar-refractivity contribution in [2.45, 2.75) is 58.7 Å². The summed E-state index contributed by atoms with van der Waals surface area (Å²) in [6.45, 7) is 7.30. The number of alkyl halides is 1. The average molecular weight is 405 g/mol. The smallest absolute Gasteiger partial charge is 0.137 e. The van der Waals surface area contributed by atoms with Gasteiger partial charge in [0.2, 0.25) is 0 Å². The minimum Gasteiger partial charge on any atom is -0.492 e. The molecule has 1 aliphatic rings. The molecule has 1 aliphatic carbocycles. The first-order valence-electron chi connectivity index (χ1n) is 10.2. The fourth-order valence-corrected chi connectivity index (χ4v) is 4.09. The van der Waals surface area contributed by atoms with Crippen LogP contribution < -0.4 is 10.1 Å². The van der Waals surface area contributed by atoms with Crippen LogP contribution in [0.2, 0.25) is 5.02 Å². The van der Waals surface area contributed by atoms with Gasteiger partial charge in [0.05, 0.1) is 11.6 Å². The Morgan fingerprint density at radius 2 is 1.96 bits per heavy atom. The van der Waals surface area contributed by atoms with Crippen LogP contribution in [0.5, 0.6) is 5.75 Å². The van der Waals surface area contributed by atoms with Gasteiger partial charge in [-0.25, -0.2) is 9.37 Å². The van der Waals surface area contributed by atoms with Gasteiger partial charge in [0, 0.05) is 12.2 Å². The van der Waals surface area contributed by atoms with Gasteiger partial charge >= 0.3 is 0 Å². The molecular weight excluding hydrogens is 375 g/mol. The summed E-state index contributed by atoms with van der Waals surface area (Å²) in [6.07, 6.45) is 4.23. The van der Waals surface area contributed by atoms with E-state index in [-0.39, 0.29) is 6.04 Å². The van der Waals surface area contributed by atoms with Gasteiger partial charge in [-0.05, 0) is 72.9 Å².